The number of likely N-dealkylation sites (tertiary alicyclic amines) is 1. The van der Waals surface area contributed by atoms with E-state index >= 15 is 0 Å². The van der Waals surface area contributed by atoms with Crippen molar-refractivity contribution in [2.75, 3.05) is 18.4 Å². The predicted molar refractivity (Wildman–Crippen MR) is 112 cm³/mol. The molecule has 1 aliphatic rings. The molecule has 1 aliphatic heterocycles. The molecule has 2 amide bonds. The zero-order chi connectivity index (χ0) is 21.4. The molecule has 156 valence electrons. The summed E-state index contributed by atoms with van der Waals surface area (Å²) in [6.45, 7) is 6.36. The summed E-state index contributed by atoms with van der Waals surface area (Å²) in [5, 5.41) is 9.96. The number of nitrogens with one attached hydrogen (secondary N) is 3. The van der Waals surface area contributed by atoms with Gasteiger partial charge in [0, 0.05) is 35.7 Å². The van der Waals surface area contributed by atoms with E-state index in [2.05, 4.69) is 20.5 Å². The van der Waals surface area contributed by atoms with Gasteiger partial charge in [0.05, 0.1) is 11.6 Å². The molecule has 2 aromatic heterocycles. The molecule has 1 fully saturated rings. The molecule has 8 heteroatoms. The Morgan fingerprint density at radius 3 is 2.70 bits per heavy atom. The van der Waals surface area contributed by atoms with Crippen LogP contribution in [0.5, 0.6) is 0 Å². The minimum Gasteiger partial charge on any atom is -0.350 e. The van der Waals surface area contributed by atoms with Gasteiger partial charge >= 0.3 is 0 Å². The lowest BCUT2D eigenvalue weighted by atomic mass is 10.1. The van der Waals surface area contributed by atoms with Gasteiger partial charge in [-0.3, -0.25) is 14.7 Å². The highest BCUT2D eigenvalue weighted by molar-refractivity contribution is 5.96. The summed E-state index contributed by atoms with van der Waals surface area (Å²) in [5.74, 6) is -0.898. The first-order valence-corrected chi connectivity index (χ1v) is 9.90. The van der Waals surface area contributed by atoms with Crippen molar-refractivity contribution in [3.8, 4) is 11.3 Å². The first kappa shape index (κ1) is 19.9. The molecule has 30 heavy (non-hydrogen) atoms. The molecule has 0 bridgehead atoms. The van der Waals surface area contributed by atoms with Crippen molar-refractivity contribution >= 4 is 17.5 Å². The molecule has 7 nitrogen and oxygen atoms in total. The maximum atomic E-state index is 13.4. The van der Waals surface area contributed by atoms with E-state index in [0.29, 0.717) is 36.5 Å². The summed E-state index contributed by atoms with van der Waals surface area (Å²) in [6.07, 6.45) is 0.589. The molecule has 3 heterocycles. The van der Waals surface area contributed by atoms with Gasteiger partial charge in [0.15, 0.2) is 0 Å². The van der Waals surface area contributed by atoms with Crippen LogP contribution >= 0.6 is 0 Å². The number of aryl methyl sites for hydroxylation is 3. The average molecular weight is 409 g/mol. The van der Waals surface area contributed by atoms with Crippen molar-refractivity contribution in [2.45, 2.75) is 27.2 Å². The van der Waals surface area contributed by atoms with Crippen molar-refractivity contribution in [1.82, 2.24) is 20.1 Å². The minimum absolute atomic E-state index is 0.132. The molecule has 0 unspecified atom stereocenters. The van der Waals surface area contributed by atoms with Gasteiger partial charge in [0.2, 0.25) is 5.91 Å². The fourth-order valence-corrected chi connectivity index (χ4v) is 3.91. The number of rotatable bonds is 4. The molecule has 0 saturated carbocycles. The summed E-state index contributed by atoms with van der Waals surface area (Å²) in [7, 11) is 0. The van der Waals surface area contributed by atoms with Crippen LogP contribution in [0.15, 0.2) is 30.3 Å². The number of halogens is 1. The molecule has 0 spiro atoms. The summed E-state index contributed by atoms with van der Waals surface area (Å²) in [6, 6.07) is 8.11. The van der Waals surface area contributed by atoms with Crippen LogP contribution < -0.4 is 5.32 Å². The zero-order valence-electron chi connectivity index (χ0n) is 17.2. The Labute approximate surface area is 173 Å². The number of amides is 2. The van der Waals surface area contributed by atoms with Crippen molar-refractivity contribution in [1.29, 1.82) is 0 Å². The maximum Gasteiger partial charge on any atom is 0.270 e. The largest absolute Gasteiger partial charge is 0.350 e. The van der Waals surface area contributed by atoms with Crippen molar-refractivity contribution in [3.63, 3.8) is 0 Å². The summed E-state index contributed by atoms with van der Waals surface area (Å²) in [5.41, 5.74) is 5.11. The molecular formula is C22H24FN5O2. The highest BCUT2D eigenvalue weighted by Crippen LogP contribution is 2.26. The van der Waals surface area contributed by atoms with Crippen LogP contribution in [0.25, 0.3) is 11.3 Å². The smallest absolute Gasteiger partial charge is 0.270 e. The van der Waals surface area contributed by atoms with Crippen LogP contribution in [0.2, 0.25) is 0 Å². The van der Waals surface area contributed by atoms with Crippen LogP contribution in [0, 0.1) is 32.5 Å². The lowest BCUT2D eigenvalue weighted by molar-refractivity contribution is -0.119. The molecular weight excluding hydrogens is 385 g/mol. The third kappa shape index (κ3) is 3.72. The van der Waals surface area contributed by atoms with Crippen molar-refractivity contribution < 1.29 is 14.0 Å². The van der Waals surface area contributed by atoms with Crippen LogP contribution in [-0.4, -0.2) is 45.0 Å². The monoisotopic (exact) mass is 409 g/mol. The second-order valence-corrected chi connectivity index (χ2v) is 7.78. The predicted octanol–water partition coefficient (Wildman–Crippen LogP) is 3.57. The number of nitrogens with zero attached hydrogens (tertiary/aromatic N) is 2. The van der Waals surface area contributed by atoms with Gasteiger partial charge in [-0.25, -0.2) is 4.39 Å². The lowest BCUT2D eigenvalue weighted by Gasteiger charge is -2.16. The first-order chi connectivity index (χ1) is 14.3. The zero-order valence-corrected chi connectivity index (χ0v) is 17.2. The molecule has 3 aromatic rings. The van der Waals surface area contributed by atoms with E-state index in [4.69, 9.17) is 0 Å². The molecule has 1 atom stereocenters. The number of anilines is 1. The number of carbonyl (C=O) groups is 2. The number of aromatic nitrogens is 3. The van der Waals surface area contributed by atoms with E-state index in [1.807, 2.05) is 19.9 Å². The molecule has 3 N–H and O–H groups in total. The molecule has 0 aliphatic carbocycles. The lowest BCUT2D eigenvalue weighted by Crippen LogP contribution is -2.31. The Morgan fingerprint density at radius 1 is 1.20 bits per heavy atom. The summed E-state index contributed by atoms with van der Waals surface area (Å²) < 4.78 is 13.4. The Morgan fingerprint density at radius 2 is 2.00 bits per heavy atom. The Kier molecular flexibility index (Phi) is 5.15. The second-order valence-electron chi connectivity index (χ2n) is 7.78. The van der Waals surface area contributed by atoms with Gasteiger partial charge in [-0.05, 0) is 63.1 Å². The van der Waals surface area contributed by atoms with E-state index < -0.39 is 0 Å². The van der Waals surface area contributed by atoms with Crippen LogP contribution in [0.1, 0.15) is 33.9 Å². The van der Waals surface area contributed by atoms with Crippen LogP contribution in [-0.2, 0) is 4.79 Å². The van der Waals surface area contributed by atoms with Gasteiger partial charge in [-0.2, -0.15) is 5.10 Å². The first-order valence-electron chi connectivity index (χ1n) is 9.90. The van der Waals surface area contributed by atoms with Gasteiger partial charge in [-0.15, -0.1) is 0 Å². The Hall–Kier alpha value is -3.42. The van der Waals surface area contributed by atoms with Gasteiger partial charge in [-0.1, -0.05) is 0 Å². The average Bonchev–Trinajstić information content (AvgIpc) is 3.44. The fraction of sp³-hybridized carbons (Fsp3) is 0.318. The standard InChI is InChI=1S/C22H24FN5O2/c1-12-10-16(4-5-17(12)23)24-21(29)15-8-9-28(11-15)22(30)19-7-6-18(25-19)20-13(2)26-27-14(20)3/h4-7,10,15,25H,8-9,11H2,1-3H3,(H,24,29)(H,26,27)/t15-/m0/s1. The molecule has 4 rings (SSSR count). The molecule has 1 aromatic carbocycles. The van der Waals surface area contributed by atoms with Crippen molar-refractivity contribution in [2.24, 2.45) is 5.92 Å². The third-order valence-corrected chi connectivity index (χ3v) is 5.59. The Balaban J connectivity index is 1.41. The number of aromatic amines is 2. The highest BCUT2D eigenvalue weighted by atomic mass is 19.1. The van der Waals surface area contributed by atoms with E-state index in [9.17, 15) is 14.0 Å². The summed E-state index contributed by atoms with van der Waals surface area (Å²) in [4.78, 5) is 30.4. The maximum absolute atomic E-state index is 13.4. The summed E-state index contributed by atoms with van der Waals surface area (Å²) >= 11 is 0. The minimum atomic E-state index is -0.309. The van der Waals surface area contributed by atoms with Gasteiger partial charge in [0.1, 0.15) is 11.5 Å². The molecule has 0 radical (unpaired) electrons. The quantitative estimate of drug-likeness (QED) is 0.615. The van der Waals surface area contributed by atoms with Gasteiger partial charge < -0.3 is 15.2 Å². The number of carbonyl (C=O) groups excluding carboxylic acids is 2. The van der Waals surface area contributed by atoms with E-state index in [1.165, 1.54) is 6.07 Å². The van der Waals surface area contributed by atoms with Crippen molar-refractivity contribution in [3.05, 3.63) is 58.8 Å². The fourth-order valence-electron chi connectivity index (χ4n) is 3.91. The van der Waals surface area contributed by atoms with E-state index in [1.54, 1.807) is 30.0 Å². The normalized spacial score (nSPS) is 16.1. The second kappa shape index (κ2) is 7.78. The van der Waals surface area contributed by atoms with Crippen LogP contribution in [0.3, 0.4) is 0 Å². The Bertz CT molecular complexity index is 1100. The van der Waals surface area contributed by atoms with E-state index in [0.717, 1.165) is 22.6 Å². The topological polar surface area (TPSA) is 93.9 Å². The molecule has 1 saturated heterocycles. The SMILES string of the molecule is Cc1cc(NC(=O)[C@H]2CCN(C(=O)c3ccc(-c4c(C)n[nH]c4C)[nH]3)C2)ccc1F. The third-order valence-electron chi connectivity index (χ3n) is 5.59. The number of hydrogen-bond acceptors (Lipinski definition) is 3. The number of benzene rings is 1. The van der Waals surface area contributed by atoms with Crippen LogP contribution in [0.4, 0.5) is 10.1 Å². The highest BCUT2D eigenvalue weighted by Gasteiger charge is 2.32. The number of H-pyrrole nitrogens is 2. The van der Waals surface area contributed by atoms with Gasteiger partial charge in [0.25, 0.3) is 5.91 Å². The number of hydrogen-bond donors (Lipinski definition) is 3. The van der Waals surface area contributed by atoms with E-state index in [-0.39, 0.29) is 23.5 Å².